The molecule has 4 nitrogen and oxygen atoms in total. The first-order valence-corrected chi connectivity index (χ1v) is 8.83. The number of benzene rings is 3. The van der Waals surface area contributed by atoms with Crippen LogP contribution in [-0.4, -0.2) is 17.6 Å². The molecule has 0 aliphatic rings. The molecular formula is C21H20ClNO3. The van der Waals surface area contributed by atoms with Crippen molar-refractivity contribution in [2.24, 2.45) is 0 Å². The molecule has 1 amide bonds. The van der Waals surface area contributed by atoms with Gasteiger partial charge in [-0.05, 0) is 42.3 Å². The predicted octanol–water partition coefficient (Wildman–Crippen LogP) is 5.09. The molecule has 3 rings (SSSR count). The van der Waals surface area contributed by atoms with E-state index in [1.807, 2.05) is 49.4 Å². The number of carbonyl (C=O) groups is 1. The molecule has 134 valence electrons. The molecule has 2 N–H and O–H groups in total. The van der Waals surface area contributed by atoms with E-state index >= 15 is 0 Å². The summed E-state index contributed by atoms with van der Waals surface area (Å²) in [4.78, 5) is 12.7. The van der Waals surface area contributed by atoms with Gasteiger partial charge in [-0.1, -0.05) is 54.1 Å². The quantitative estimate of drug-likeness (QED) is 0.658. The fourth-order valence-corrected chi connectivity index (χ4v) is 3.17. The number of ether oxygens (including phenoxy) is 1. The summed E-state index contributed by atoms with van der Waals surface area (Å²) in [6.45, 7) is 4.09. The van der Waals surface area contributed by atoms with Gasteiger partial charge >= 0.3 is 0 Å². The van der Waals surface area contributed by atoms with Crippen molar-refractivity contribution in [1.82, 2.24) is 5.32 Å². The lowest BCUT2D eigenvalue weighted by atomic mass is 9.99. The number of hydrogen-bond acceptors (Lipinski definition) is 3. The van der Waals surface area contributed by atoms with Crippen molar-refractivity contribution >= 4 is 28.3 Å². The Bertz CT molecular complexity index is 950. The normalized spacial score (nSPS) is 12.0. The van der Waals surface area contributed by atoms with Gasteiger partial charge in [0, 0.05) is 5.56 Å². The van der Waals surface area contributed by atoms with E-state index in [0.29, 0.717) is 12.2 Å². The average Bonchev–Trinajstić information content (AvgIpc) is 2.64. The Balaban J connectivity index is 1.87. The Labute approximate surface area is 157 Å². The third-order valence-electron chi connectivity index (χ3n) is 4.23. The van der Waals surface area contributed by atoms with Crippen molar-refractivity contribution in [3.63, 3.8) is 0 Å². The van der Waals surface area contributed by atoms with Gasteiger partial charge in [0.1, 0.15) is 0 Å². The molecule has 1 atom stereocenters. The van der Waals surface area contributed by atoms with Crippen molar-refractivity contribution in [2.45, 2.75) is 19.9 Å². The van der Waals surface area contributed by atoms with Crippen molar-refractivity contribution < 1.29 is 14.6 Å². The zero-order chi connectivity index (χ0) is 18.7. The highest BCUT2D eigenvalue weighted by molar-refractivity contribution is 6.32. The smallest absolute Gasteiger partial charge is 0.251 e. The summed E-state index contributed by atoms with van der Waals surface area (Å²) in [6, 6.07) is 16.8. The summed E-state index contributed by atoms with van der Waals surface area (Å²) in [7, 11) is 0. The van der Waals surface area contributed by atoms with Gasteiger partial charge in [-0.25, -0.2) is 0 Å². The third-order valence-corrected chi connectivity index (χ3v) is 4.52. The maximum absolute atomic E-state index is 12.7. The van der Waals surface area contributed by atoms with Gasteiger partial charge in [-0.15, -0.1) is 0 Å². The molecule has 3 aromatic rings. The largest absolute Gasteiger partial charge is 0.503 e. The van der Waals surface area contributed by atoms with E-state index in [1.54, 1.807) is 6.92 Å². The number of phenolic OH excluding ortho intramolecular Hbond substituents is 1. The van der Waals surface area contributed by atoms with Crippen molar-refractivity contribution in [3.8, 4) is 11.5 Å². The Morgan fingerprint density at radius 3 is 2.69 bits per heavy atom. The summed E-state index contributed by atoms with van der Waals surface area (Å²) < 4.78 is 5.34. The molecule has 0 heterocycles. The maximum atomic E-state index is 12.7. The van der Waals surface area contributed by atoms with Gasteiger partial charge in [0.25, 0.3) is 5.91 Å². The van der Waals surface area contributed by atoms with Crippen molar-refractivity contribution in [1.29, 1.82) is 0 Å². The van der Waals surface area contributed by atoms with Gasteiger partial charge in [-0.2, -0.15) is 0 Å². The van der Waals surface area contributed by atoms with Crippen LogP contribution >= 0.6 is 11.6 Å². The number of fused-ring (bicyclic) bond motifs is 1. The number of phenols is 1. The minimum atomic E-state index is -0.284. The first-order chi connectivity index (χ1) is 12.5. The van der Waals surface area contributed by atoms with Gasteiger partial charge < -0.3 is 15.2 Å². The number of rotatable bonds is 5. The fourth-order valence-electron chi connectivity index (χ4n) is 2.96. The highest BCUT2D eigenvalue weighted by Crippen LogP contribution is 2.35. The molecule has 5 heteroatoms. The van der Waals surface area contributed by atoms with Crippen LogP contribution in [-0.2, 0) is 0 Å². The van der Waals surface area contributed by atoms with Crippen molar-refractivity contribution in [3.05, 3.63) is 70.7 Å². The van der Waals surface area contributed by atoms with Crippen LogP contribution in [0.1, 0.15) is 35.8 Å². The van der Waals surface area contributed by atoms with E-state index < -0.39 is 0 Å². The zero-order valence-corrected chi connectivity index (χ0v) is 15.4. The SMILES string of the molecule is CCOc1cc(C(=O)NC(C)c2cccc3ccccc23)cc(Cl)c1O. The minimum Gasteiger partial charge on any atom is -0.503 e. The van der Waals surface area contributed by atoms with E-state index in [9.17, 15) is 9.90 Å². The molecule has 0 aliphatic heterocycles. The van der Waals surface area contributed by atoms with E-state index in [-0.39, 0.29) is 28.5 Å². The van der Waals surface area contributed by atoms with Crippen LogP contribution in [0, 0.1) is 0 Å². The third kappa shape index (κ3) is 3.60. The second-order valence-electron chi connectivity index (χ2n) is 6.00. The first kappa shape index (κ1) is 18.1. The molecule has 0 saturated carbocycles. The molecular weight excluding hydrogens is 350 g/mol. The average molecular weight is 370 g/mol. The number of halogens is 1. The molecule has 0 bridgehead atoms. The first-order valence-electron chi connectivity index (χ1n) is 8.45. The number of nitrogens with one attached hydrogen (secondary N) is 1. The van der Waals surface area contributed by atoms with Gasteiger partial charge in [-0.3, -0.25) is 4.79 Å². The van der Waals surface area contributed by atoms with Crippen LogP contribution in [0.15, 0.2) is 54.6 Å². The van der Waals surface area contributed by atoms with Crippen LogP contribution in [0.5, 0.6) is 11.5 Å². The summed E-state index contributed by atoms with van der Waals surface area (Å²) in [5.41, 5.74) is 1.37. The van der Waals surface area contributed by atoms with Crippen LogP contribution in [0.2, 0.25) is 5.02 Å². The summed E-state index contributed by atoms with van der Waals surface area (Å²) >= 11 is 6.02. The lowest BCUT2D eigenvalue weighted by Crippen LogP contribution is -2.26. The molecule has 0 aliphatic carbocycles. The van der Waals surface area contributed by atoms with Crippen LogP contribution in [0.25, 0.3) is 10.8 Å². The van der Waals surface area contributed by atoms with E-state index in [0.717, 1.165) is 16.3 Å². The monoisotopic (exact) mass is 369 g/mol. The molecule has 0 fully saturated rings. The Morgan fingerprint density at radius 1 is 1.19 bits per heavy atom. The van der Waals surface area contributed by atoms with Gasteiger partial charge in [0.05, 0.1) is 17.7 Å². The topological polar surface area (TPSA) is 58.6 Å². The number of carbonyl (C=O) groups excluding carboxylic acids is 1. The van der Waals surface area contributed by atoms with E-state index in [4.69, 9.17) is 16.3 Å². The molecule has 0 saturated heterocycles. The Hall–Kier alpha value is -2.72. The van der Waals surface area contributed by atoms with E-state index in [1.165, 1.54) is 12.1 Å². The standard InChI is InChI=1S/C21H20ClNO3/c1-3-26-19-12-15(11-18(22)20(19)24)21(25)23-13(2)16-10-6-8-14-7-4-5-9-17(14)16/h4-13,24H,3H2,1-2H3,(H,23,25). The van der Waals surface area contributed by atoms with Gasteiger partial charge in [0.2, 0.25) is 0 Å². The summed E-state index contributed by atoms with van der Waals surface area (Å²) in [6.07, 6.45) is 0. The Kier molecular flexibility index (Phi) is 5.33. The molecule has 0 spiro atoms. The highest BCUT2D eigenvalue weighted by atomic mass is 35.5. The molecule has 1 unspecified atom stereocenters. The fraction of sp³-hybridized carbons (Fsp3) is 0.190. The lowest BCUT2D eigenvalue weighted by Gasteiger charge is -2.17. The molecule has 0 radical (unpaired) electrons. The van der Waals surface area contributed by atoms with Crippen LogP contribution < -0.4 is 10.1 Å². The summed E-state index contributed by atoms with van der Waals surface area (Å²) in [5.74, 6) is -0.247. The molecule has 0 aromatic heterocycles. The molecule has 3 aromatic carbocycles. The van der Waals surface area contributed by atoms with Gasteiger partial charge in [0.15, 0.2) is 11.5 Å². The second-order valence-corrected chi connectivity index (χ2v) is 6.41. The lowest BCUT2D eigenvalue weighted by molar-refractivity contribution is 0.0939. The van der Waals surface area contributed by atoms with Crippen LogP contribution in [0.4, 0.5) is 0 Å². The number of aromatic hydroxyl groups is 1. The van der Waals surface area contributed by atoms with Crippen molar-refractivity contribution in [2.75, 3.05) is 6.61 Å². The zero-order valence-electron chi connectivity index (χ0n) is 14.6. The number of amides is 1. The predicted molar refractivity (Wildman–Crippen MR) is 104 cm³/mol. The van der Waals surface area contributed by atoms with E-state index in [2.05, 4.69) is 5.32 Å². The maximum Gasteiger partial charge on any atom is 0.251 e. The second kappa shape index (κ2) is 7.67. The Morgan fingerprint density at radius 2 is 1.92 bits per heavy atom. The van der Waals surface area contributed by atoms with Crippen LogP contribution in [0.3, 0.4) is 0 Å². The highest BCUT2D eigenvalue weighted by Gasteiger charge is 2.17. The number of hydrogen-bond donors (Lipinski definition) is 2. The minimum absolute atomic E-state index is 0.0823. The molecule has 26 heavy (non-hydrogen) atoms. The summed E-state index contributed by atoms with van der Waals surface area (Å²) in [5, 5.41) is 15.2.